The van der Waals surface area contributed by atoms with Gasteiger partial charge in [0.1, 0.15) is 0 Å². The van der Waals surface area contributed by atoms with Gasteiger partial charge in [-0.3, -0.25) is 0 Å². The maximum absolute atomic E-state index is 10.8. The molecule has 2 aromatic heterocycles. The molecule has 8 nitrogen and oxygen atoms in total. The quantitative estimate of drug-likeness (QED) is 0.551. The van der Waals surface area contributed by atoms with Gasteiger partial charge in [0.05, 0.1) is 24.0 Å². The molecule has 0 aliphatic carbocycles. The number of carboxylic acids is 1. The van der Waals surface area contributed by atoms with Crippen molar-refractivity contribution in [2.24, 2.45) is 0 Å². The van der Waals surface area contributed by atoms with Crippen molar-refractivity contribution in [3.63, 3.8) is 0 Å². The number of carboxylic acid groups (broad SMARTS) is 1. The summed E-state index contributed by atoms with van der Waals surface area (Å²) in [6.45, 7) is -0.545. The fourth-order valence-corrected chi connectivity index (χ4v) is 2.01. The van der Waals surface area contributed by atoms with E-state index in [-0.39, 0.29) is 5.95 Å². The summed E-state index contributed by atoms with van der Waals surface area (Å²) in [6, 6.07) is 4.59. The van der Waals surface area contributed by atoms with Crippen LogP contribution in [-0.4, -0.2) is 48.8 Å². The van der Waals surface area contributed by atoms with Gasteiger partial charge in [-0.05, 0) is 17.7 Å². The maximum Gasteiger partial charge on any atom is 0.328 e. The fraction of sp³-hybridized carbons (Fsp3) is 0.143. The Hall–Kier alpha value is -3.00. The van der Waals surface area contributed by atoms with Crippen molar-refractivity contribution in [1.29, 1.82) is 0 Å². The second-order valence-corrected chi connectivity index (χ2v) is 4.65. The summed E-state index contributed by atoms with van der Waals surface area (Å²) in [5.41, 5.74) is 3.49. The van der Waals surface area contributed by atoms with Crippen molar-refractivity contribution in [2.75, 3.05) is 11.9 Å². The molecule has 0 saturated carbocycles. The Labute approximate surface area is 124 Å². The van der Waals surface area contributed by atoms with Crippen LogP contribution in [0.2, 0.25) is 0 Å². The fourth-order valence-electron chi connectivity index (χ4n) is 2.01. The van der Waals surface area contributed by atoms with E-state index in [1.165, 1.54) is 0 Å². The summed E-state index contributed by atoms with van der Waals surface area (Å²) < 4.78 is 0. The molecule has 1 aromatic carbocycles. The number of rotatable bonds is 5. The lowest BCUT2D eigenvalue weighted by molar-refractivity contribution is -0.138. The highest BCUT2D eigenvalue weighted by atomic mass is 16.4. The van der Waals surface area contributed by atoms with E-state index in [0.29, 0.717) is 0 Å². The van der Waals surface area contributed by atoms with Crippen LogP contribution in [0.5, 0.6) is 0 Å². The number of aromatic amines is 1. The highest BCUT2D eigenvalue weighted by molar-refractivity contribution is 5.81. The monoisotopic (exact) mass is 299 g/mol. The van der Waals surface area contributed by atoms with Crippen LogP contribution in [0.3, 0.4) is 0 Å². The molecule has 4 N–H and O–H groups in total. The lowest BCUT2D eigenvalue weighted by Crippen LogP contribution is -2.33. The Morgan fingerprint density at radius 3 is 2.68 bits per heavy atom. The number of fused-ring (bicyclic) bond motifs is 1. The summed E-state index contributed by atoms with van der Waals surface area (Å²) in [4.78, 5) is 26.2. The predicted molar refractivity (Wildman–Crippen MR) is 79.3 cm³/mol. The van der Waals surface area contributed by atoms with Crippen LogP contribution < -0.4 is 5.32 Å². The molecule has 0 bridgehead atoms. The smallest absolute Gasteiger partial charge is 0.328 e. The number of imidazole rings is 1. The molecule has 8 heteroatoms. The largest absolute Gasteiger partial charge is 0.480 e. The Morgan fingerprint density at radius 1 is 1.23 bits per heavy atom. The van der Waals surface area contributed by atoms with E-state index < -0.39 is 18.6 Å². The van der Waals surface area contributed by atoms with Gasteiger partial charge in [-0.25, -0.2) is 19.7 Å². The molecule has 0 fully saturated rings. The number of aliphatic hydroxyl groups excluding tert-OH is 1. The number of H-pyrrole nitrogens is 1. The van der Waals surface area contributed by atoms with Gasteiger partial charge in [0, 0.05) is 18.0 Å². The van der Waals surface area contributed by atoms with Crippen LogP contribution >= 0.6 is 0 Å². The molecule has 112 valence electrons. The highest BCUT2D eigenvalue weighted by Crippen LogP contribution is 2.22. The number of nitrogens with zero attached hydrogens (tertiary/aromatic N) is 3. The van der Waals surface area contributed by atoms with Crippen molar-refractivity contribution >= 4 is 23.0 Å². The zero-order valence-electron chi connectivity index (χ0n) is 11.4. The predicted octanol–water partition coefficient (Wildman–Crippen LogP) is 0.877. The van der Waals surface area contributed by atoms with Crippen LogP contribution in [0.25, 0.3) is 22.2 Å². The molecule has 3 rings (SSSR count). The summed E-state index contributed by atoms with van der Waals surface area (Å²) >= 11 is 0. The van der Waals surface area contributed by atoms with Crippen molar-refractivity contribution < 1.29 is 15.0 Å². The molecule has 2 heterocycles. The summed E-state index contributed by atoms with van der Waals surface area (Å²) in [5, 5.41) is 20.4. The summed E-state index contributed by atoms with van der Waals surface area (Å²) in [5.74, 6) is -1.02. The molecule has 3 aromatic rings. The lowest BCUT2D eigenvalue weighted by Gasteiger charge is -2.11. The second kappa shape index (κ2) is 5.78. The summed E-state index contributed by atoms with van der Waals surface area (Å²) in [6.07, 6.45) is 4.80. The number of aromatic nitrogens is 4. The first-order chi connectivity index (χ1) is 10.7. The average Bonchev–Trinajstić information content (AvgIpc) is 3.00. The van der Waals surface area contributed by atoms with Crippen LogP contribution in [0, 0.1) is 0 Å². The lowest BCUT2D eigenvalue weighted by atomic mass is 10.1. The average molecular weight is 299 g/mol. The molecule has 0 radical (unpaired) electrons. The molecule has 22 heavy (non-hydrogen) atoms. The Bertz CT molecular complexity index is 800. The summed E-state index contributed by atoms with van der Waals surface area (Å²) in [7, 11) is 0. The van der Waals surface area contributed by atoms with Crippen LogP contribution in [0.15, 0.2) is 36.9 Å². The third-order valence-corrected chi connectivity index (χ3v) is 3.19. The van der Waals surface area contributed by atoms with E-state index in [9.17, 15) is 4.79 Å². The van der Waals surface area contributed by atoms with Gasteiger partial charge in [-0.2, -0.15) is 0 Å². The third-order valence-electron chi connectivity index (χ3n) is 3.19. The minimum absolute atomic E-state index is 0.146. The van der Waals surface area contributed by atoms with Gasteiger partial charge in [-0.15, -0.1) is 0 Å². The second-order valence-electron chi connectivity index (χ2n) is 4.65. The number of carbonyl (C=O) groups is 1. The molecule has 1 atom stereocenters. The zero-order valence-corrected chi connectivity index (χ0v) is 11.4. The maximum atomic E-state index is 10.8. The molecule has 0 saturated heterocycles. The molecule has 0 aliphatic heterocycles. The topological polar surface area (TPSA) is 124 Å². The molecule has 0 aliphatic rings. The number of aliphatic carboxylic acids is 1. The zero-order chi connectivity index (χ0) is 15.5. The van der Waals surface area contributed by atoms with E-state index in [2.05, 4.69) is 25.3 Å². The van der Waals surface area contributed by atoms with Crippen molar-refractivity contribution in [3.8, 4) is 11.1 Å². The number of benzene rings is 1. The first-order valence-electron chi connectivity index (χ1n) is 6.53. The SMILES string of the molecule is O=C(O)C(CO)Nc1ncc(-c2ccc3nc[nH]c3c2)cn1. The third kappa shape index (κ3) is 2.72. The van der Waals surface area contributed by atoms with Gasteiger partial charge in [-0.1, -0.05) is 6.07 Å². The minimum Gasteiger partial charge on any atom is -0.480 e. The van der Waals surface area contributed by atoms with Crippen molar-refractivity contribution in [3.05, 3.63) is 36.9 Å². The number of aliphatic hydroxyl groups is 1. The molecular formula is C14H13N5O3. The van der Waals surface area contributed by atoms with E-state index >= 15 is 0 Å². The number of hydrogen-bond donors (Lipinski definition) is 4. The normalized spacial score (nSPS) is 12.2. The van der Waals surface area contributed by atoms with Gasteiger partial charge < -0.3 is 20.5 Å². The highest BCUT2D eigenvalue weighted by Gasteiger charge is 2.16. The van der Waals surface area contributed by atoms with Crippen LogP contribution in [0.4, 0.5) is 5.95 Å². The Morgan fingerprint density at radius 2 is 2.00 bits per heavy atom. The van der Waals surface area contributed by atoms with Crippen molar-refractivity contribution in [2.45, 2.75) is 6.04 Å². The standard InChI is InChI=1S/C14H13N5O3/c20-6-12(13(21)22)19-14-15-4-9(5-16-14)8-1-2-10-11(3-8)18-7-17-10/h1-5,7,12,20H,6H2,(H,17,18)(H,21,22)(H,15,16,19). The first kappa shape index (κ1) is 14.0. The van der Waals surface area contributed by atoms with Crippen molar-refractivity contribution in [1.82, 2.24) is 19.9 Å². The van der Waals surface area contributed by atoms with Gasteiger partial charge in [0.15, 0.2) is 6.04 Å². The number of nitrogens with one attached hydrogen (secondary N) is 2. The van der Waals surface area contributed by atoms with E-state index in [1.54, 1.807) is 18.7 Å². The first-order valence-corrected chi connectivity index (χ1v) is 6.53. The van der Waals surface area contributed by atoms with Gasteiger partial charge in [0.25, 0.3) is 0 Å². The molecule has 0 spiro atoms. The Balaban J connectivity index is 1.82. The molecule has 0 amide bonds. The van der Waals surface area contributed by atoms with E-state index in [1.807, 2.05) is 18.2 Å². The Kier molecular flexibility index (Phi) is 3.67. The van der Waals surface area contributed by atoms with Crippen LogP contribution in [-0.2, 0) is 4.79 Å². The van der Waals surface area contributed by atoms with E-state index in [0.717, 1.165) is 22.2 Å². The molecular weight excluding hydrogens is 286 g/mol. The number of anilines is 1. The van der Waals surface area contributed by atoms with E-state index in [4.69, 9.17) is 10.2 Å². The minimum atomic E-state index is -1.17. The van der Waals surface area contributed by atoms with Gasteiger partial charge in [0.2, 0.25) is 5.95 Å². The van der Waals surface area contributed by atoms with Crippen LogP contribution in [0.1, 0.15) is 0 Å². The van der Waals surface area contributed by atoms with Gasteiger partial charge >= 0.3 is 5.97 Å². The molecule has 1 unspecified atom stereocenters. The number of hydrogen-bond acceptors (Lipinski definition) is 6.